The quantitative estimate of drug-likeness (QED) is 0.844. The number of likely N-dealkylation sites (N-methyl/N-ethyl adjacent to an activating group) is 1. The standard InChI is InChI=1S/C21H21N3/c1-3-24-20-10-9-16(13-18(20)14-23-24)19-8-5-11-22-21(19)17-7-4-6-15(2)12-17/h4-14,18,20H,3H2,1-2H3. The van der Waals surface area contributed by atoms with Gasteiger partial charge < -0.3 is 0 Å². The molecule has 1 aromatic heterocycles. The van der Waals surface area contributed by atoms with Crippen molar-refractivity contribution in [3.05, 3.63) is 72.0 Å². The Morgan fingerprint density at radius 1 is 1.17 bits per heavy atom. The van der Waals surface area contributed by atoms with Crippen LogP contribution in [0.25, 0.3) is 16.8 Å². The van der Waals surface area contributed by atoms with Crippen LogP contribution in [0.5, 0.6) is 0 Å². The van der Waals surface area contributed by atoms with Gasteiger partial charge in [-0.05, 0) is 31.6 Å². The van der Waals surface area contributed by atoms with E-state index in [1.165, 1.54) is 16.7 Å². The van der Waals surface area contributed by atoms with Crippen molar-refractivity contribution in [1.29, 1.82) is 0 Å². The number of pyridine rings is 1. The number of hydrogen-bond donors (Lipinski definition) is 0. The van der Waals surface area contributed by atoms with Crippen molar-refractivity contribution < 1.29 is 0 Å². The van der Waals surface area contributed by atoms with Gasteiger partial charge in [0.1, 0.15) is 0 Å². The minimum absolute atomic E-state index is 0.343. The molecule has 0 radical (unpaired) electrons. The fraction of sp³-hybridized carbons (Fsp3) is 0.238. The monoisotopic (exact) mass is 315 g/mol. The Morgan fingerprint density at radius 3 is 2.92 bits per heavy atom. The third kappa shape index (κ3) is 2.56. The lowest BCUT2D eigenvalue weighted by molar-refractivity contribution is 0.263. The molecule has 24 heavy (non-hydrogen) atoms. The molecule has 2 unspecified atom stereocenters. The van der Waals surface area contributed by atoms with Crippen LogP contribution in [0.1, 0.15) is 18.1 Å². The summed E-state index contributed by atoms with van der Waals surface area (Å²) in [5.41, 5.74) is 5.86. The summed E-state index contributed by atoms with van der Waals surface area (Å²) in [6.45, 7) is 5.20. The van der Waals surface area contributed by atoms with Crippen LogP contribution in [0.4, 0.5) is 0 Å². The number of hydrogen-bond acceptors (Lipinski definition) is 3. The molecule has 0 fully saturated rings. The molecule has 1 aromatic carbocycles. The maximum atomic E-state index is 4.66. The van der Waals surface area contributed by atoms with E-state index < -0.39 is 0 Å². The second kappa shape index (κ2) is 6.08. The predicted molar refractivity (Wildman–Crippen MR) is 99.7 cm³/mol. The number of aromatic nitrogens is 1. The summed E-state index contributed by atoms with van der Waals surface area (Å²) in [6, 6.07) is 13.1. The molecule has 0 saturated carbocycles. The molecule has 2 aliphatic rings. The molecule has 0 saturated heterocycles. The molecule has 2 heterocycles. The molecule has 0 spiro atoms. The van der Waals surface area contributed by atoms with Crippen molar-refractivity contribution in [1.82, 2.24) is 9.99 Å². The Morgan fingerprint density at radius 2 is 2.08 bits per heavy atom. The van der Waals surface area contributed by atoms with E-state index in [4.69, 9.17) is 0 Å². The highest BCUT2D eigenvalue weighted by molar-refractivity contribution is 5.87. The van der Waals surface area contributed by atoms with Gasteiger partial charge in [-0.3, -0.25) is 9.99 Å². The molecule has 0 bridgehead atoms. The van der Waals surface area contributed by atoms with Gasteiger partial charge in [0, 0.05) is 36.0 Å². The first kappa shape index (κ1) is 14.9. The molecule has 3 nitrogen and oxygen atoms in total. The summed E-state index contributed by atoms with van der Waals surface area (Å²) in [4.78, 5) is 4.66. The van der Waals surface area contributed by atoms with E-state index in [0.717, 1.165) is 17.8 Å². The van der Waals surface area contributed by atoms with Gasteiger partial charge in [0.2, 0.25) is 0 Å². The maximum absolute atomic E-state index is 4.66. The Hall–Kier alpha value is -2.68. The zero-order chi connectivity index (χ0) is 16.5. The number of benzene rings is 1. The molecule has 0 amide bonds. The van der Waals surface area contributed by atoms with Crippen molar-refractivity contribution in [2.45, 2.75) is 19.9 Å². The highest BCUT2D eigenvalue weighted by Gasteiger charge is 2.29. The van der Waals surface area contributed by atoms with E-state index in [1.807, 2.05) is 12.3 Å². The van der Waals surface area contributed by atoms with E-state index in [9.17, 15) is 0 Å². The third-order valence-corrected chi connectivity index (χ3v) is 4.70. The second-order valence-corrected chi connectivity index (χ2v) is 6.34. The van der Waals surface area contributed by atoms with Gasteiger partial charge in [-0.25, -0.2) is 0 Å². The van der Waals surface area contributed by atoms with Crippen LogP contribution in [-0.2, 0) is 0 Å². The predicted octanol–water partition coefficient (Wildman–Crippen LogP) is 4.32. The lowest BCUT2D eigenvalue weighted by atomic mass is 9.88. The number of aryl methyl sites for hydroxylation is 1. The van der Waals surface area contributed by atoms with E-state index in [2.05, 4.69) is 83.7 Å². The molecule has 0 N–H and O–H groups in total. The van der Waals surface area contributed by atoms with Crippen LogP contribution in [0.3, 0.4) is 0 Å². The van der Waals surface area contributed by atoms with E-state index >= 15 is 0 Å². The van der Waals surface area contributed by atoms with Gasteiger partial charge in [-0.15, -0.1) is 0 Å². The zero-order valence-corrected chi connectivity index (χ0v) is 14.1. The molecule has 2 atom stereocenters. The summed E-state index contributed by atoms with van der Waals surface area (Å²) in [6.07, 6.45) is 10.7. The Kier molecular flexibility index (Phi) is 3.77. The highest BCUT2D eigenvalue weighted by atomic mass is 15.5. The fourth-order valence-electron chi connectivity index (χ4n) is 3.49. The largest absolute Gasteiger partial charge is 0.290 e. The highest BCUT2D eigenvalue weighted by Crippen LogP contribution is 2.34. The van der Waals surface area contributed by atoms with E-state index in [1.54, 1.807) is 0 Å². The van der Waals surface area contributed by atoms with E-state index in [-0.39, 0.29) is 0 Å². The second-order valence-electron chi connectivity index (χ2n) is 6.34. The summed E-state index contributed by atoms with van der Waals surface area (Å²) in [5, 5.41) is 6.65. The zero-order valence-electron chi connectivity index (χ0n) is 14.1. The summed E-state index contributed by atoms with van der Waals surface area (Å²) in [7, 11) is 0. The molecule has 2 aromatic rings. The van der Waals surface area contributed by atoms with Gasteiger partial charge in [0.25, 0.3) is 0 Å². The minimum atomic E-state index is 0.343. The van der Waals surface area contributed by atoms with Crippen molar-refractivity contribution in [2.24, 2.45) is 11.0 Å². The molecule has 120 valence electrons. The summed E-state index contributed by atoms with van der Waals surface area (Å²) < 4.78 is 0. The molecule has 1 aliphatic heterocycles. The van der Waals surface area contributed by atoms with Crippen molar-refractivity contribution in [2.75, 3.05) is 6.54 Å². The number of rotatable bonds is 3. The number of allylic oxidation sites excluding steroid dienone is 2. The SMILES string of the molecule is CCN1N=CC2C=C(c3cccnc3-c3cccc(C)c3)C=CC21. The van der Waals surface area contributed by atoms with Crippen LogP contribution in [0, 0.1) is 12.8 Å². The van der Waals surface area contributed by atoms with Crippen molar-refractivity contribution in [3.63, 3.8) is 0 Å². The van der Waals surface area contributed by atoms with Gasteiger partial charge in [0.15, 0.2) is 0 Å². The minimum Gasteiger partial charge on any atom is -0.290 e. The molecular weight excluding hydrogens is 294 g/mol. The Bertz CT molecular complexity index is 848. The van der Waals surface area contributed by atoms with Crippen LogP contribution in [0.2, 0.25) is 0 Å². The lowest BCUT2D eigenvalue weighted by Gasteiger charge is -2.26. The summed E-state index contributed by atoms with van der Waals surface area (Å²) >= 11 is 0. The van der Waals surface area contributed by atoms with E-state index in [0.29, 0.717) is 12.0 Å². The van der Waals surface area contributed by atoms with Crippen LogP contribution in [-0.4, -0.2) is 28.8 Å². The lowest BCUT2D eigenvalue weighted by Crippen LogP contribution is -2.30. The average molecular weight is 315 g/mol. The molecule has 1 aliphatic carbocycles. The first-order valence-electron chi connectivity index (χ1n) is 8.49. The van der Waals surface area contributed by atoms with Gasteiger partial charge in [-0.2, -0.15) is 5.10 Å². The number of nitrogens with zero attached hydrogens (tertiary/aromatic N) is 3. The Labute approximate surface area is 143 Å². The fourth-order valence-corrected chi connectivity index (χ4v) is 3.49. The van der Waals surface area contributed by atoms with Crippen LogP contribution in [0.15, 0.2) is 65.9 Å². The first-order chi connectivity index (χ1) is 11.8. The molecule has 4 rings (SSSR count). The van der Waals surface area contributed by atoms with Crippen LogP contribution < -0.4 is 0 Å². The first-order valence-corrected chi connectivity index (χ1v) is 8.49. The smallest absolute Gasteiger partial charge is 0.0780 e. The van der Waals surface area contributed by atoms with Crippen molar-refractivity contribution in [3.8, 4) is 11.3 Å². The average Bonchev–Trinajstić information content (AvgIpc) is 3.04. The topological polar surface area (TPSA) is 28.5 Å². The molecular formula is C21H21N3. The van der Waals surface area contributed by atoms with Gasteiger partial charge >= 0.3 is 0 Å². The Balaban J connectivity index is 1.74. The normalized spacial score (nSPS) is 21.8. The molecule has 3 heteroatoms. The maximum Gasteiger partial charge on any atom is 0.0780 e. The van der Waals surface area contributed by atoms with Crippen LogP contribution >= 0.6 is 0 Å². The summed E-state index contributed by atoms with van der Waals surface area (Å²) in [5.74, 6) is 0.343. The van der Waals surface area contributed by atoms with Crippen molar-refractivity contribution >= 4 is 11.8 Å². The van der Waals surface area contributed by atoms with Gasteiger partial charge in [0.05, 0.1) is 11.7 Å². The van der Waals surface area contributed by atoms with Gasteiger partial charge in [-0.1, -0.05) is 48.1 Å². The number of fused-ring (bicyclic) bond motifs is 1. The number of hydrazone groups is 1. The third-order valence-electron chi connectivity index (χ3n) is 4.70.